The van der Waals surface area contributed by atoms with Gasteiger partial charge in [-0.1, -0.05) is 26.2 Å². The van der Waals surface area contributed by atoms with Crippen LogP contribution in [0.5, 0.6) is 0 Å². The lowest BCUT2D eigenvalue weighted by Crippen LogP contribution is -2.44. The van der Waals surface area contributed by atoms with Gasteiger partial charge in [0, 0.05) is 26.7 Å². The van der Waals surface area contributed by atoms with E-state index in [0.717, 1.165) is 19.4 Å². The molecule has 4 heteroatoms. The van der Waals surface area contributed by atoms with E-state index in [1.807, 2.05) is 6.92 Å². The summed E-state index contributed by atoms with van der Waals surface area (Å²) in [5.41, 5.74) is 6.05. The monoisotopic (exact) mass is 256 g/mol. The molecule has 1 atom stereocenters. The van der Waals surface area contributed by atoms with Crippen LogP contribution in [-0.4, -0.2) is 32.7 Å². The fourth-order valence-corrected chi connectivity index (χ4v) is 2.77. The summed E-state index contributed by atoms with van der Waals surface area (Å²) in [6, 6.07) is 0. The first-order valence-corrected chi connectivity index (χ1v) is 7.07. The van der Waals surface area contributed by atoms with Crippen molar-refractivity contribution in [2.45, 2.75) is 45.4 Å². The van der Waals surface area contributed by atoms with Crippen molar-refractivity contribution in [1.29, 1.82) is 0 Å². The van der Waals surface area contributed by atoms with Crippen molar-refractivity contribution in [3.8, 4) is 0 Å². The molecule has 18 heavy (non-hydrogen) atoms. The van der Waals surface area contributed by atoms with Crippen molar-refractivity contribution in [1.82, 2.24) is 5.32 Å². The van der Waals surface area contributed by atoms with Crippen LogP contribution in [0, 0.1) is 11.3 Å². The van der Waals surface area contributed by atoms with Crippen LogP contribution in [0.4, 0.5) is 0 Å². The van der Waals surface area contributed by atoms with Crippen molar-refractivity contribution in [3.63, 3.8) is 0 Å². The molecule has 0 aromatic heterocycles. The van der Waals surface area contributed by atoms with Crippen LogP contribution in [0.1, 0.15) is 45.4 Å². The summed E-state index contributed by atoms with van der Waals surface area (Å²) in [4.78, 5) is 11.8. The Bertz CT molecular complexity index is 250. The van der Waals surface area contributed by atoms with E-state index in [4.69, 9.17) is 10.5 Å². The van der Waals surface area contributed by atoms with Gasteiger partial charge in [0.25, 0.3) is 0 Å². The van der Waals surface area contributed by atoms with E-state index in [9.17, 15) is 4.79 Å². The third kappa shape index (κ3) is 4.94. The minimum absolute atomic E-state index is 0.123. The molecule has 1 saturated carbocycles. The lowest BCUT2D eigenvalue weighted by molar-refractivity contribution is -0.122. The minimum Gasteiger partial charge on any atom is -0.384 e. The maximum absolute atomic E-state index is 11.8. The van der Waals surface area contributed by atoms with E-state index >= 15 is 0 Å². The predicted molar refractivity (Wildman–Crippen MR) is 73.2 cm³/mol. The van der Waals surface area contributed by atoms with Crippen LogP contribution in [0.2, 0.25) is 0 Å². The molecule has 1 aliphatic rings. The second kappa shape index (κ2) is 7.74. The van der Waals surface area contributed by atoms with E-state index in [2.05, 4.69) is 5.32 Å². The molecule has 0 radical (unpaired) electrons. The van der Waals surface area contributed by atoms with Gasteiger partial charge in [-0.15, -0.1) is 0 Å². The van der Waals surface area contributed by atoms with Gasteiger partial charge >= 0.3 is 0 Å². The fourth-order valence-electron chi connectivity index (χ4n) is 2.77. The van der Waals surface area contributed by atoms with Crippen molar-refractivity contribution in [3.05, 3.63) is 0 Å². The normalized spacial score (nSPS) is 20.4. The van der Waals surface area contributed by atoms with Gasteiger partial charge in [-0.25, -0.2) is 0 Å². The zero-order valence-corrected chi connectivity index (χ0v) is 11.8. The Morgan fingerprint density at radius 1 is 1.39 bits per heavy atom. The third-order valence-electron chi connectivity index (χ3n) is 3.99. The molecule has 0 spiro atoms. The highest BCUT2D eigenvalue weighted by atomic mass is 16.5. The maximum Gasteiger partial charge on any atom is 0.220 e. The highest BCUT2D eigenvalue weighted by Crippen LogP contribution is 2.34. The molecule has 106 valence electrons. The molecular formula is C14H28N2O2. The van der Waals surface area contributed by atoms with Gasteiger partial charge in [0.15, 0.2) is 0 Å². The zero-order chi connectivity index (χ0) is 13.4. The van der Waals surface area contributed by atoms with Crippen LogP contribution in [0.15, 0.2) is 0 Å². The van der Waals surface area contributed by atoms with E-state index in [-0.39, 0.29) is 17.2 Å². The van der Waals surface area contributed by atoms with Gasteiger partial charge in [-0.05, 0) is 30.7 Å². The Morgan fingerprint density at radius 3 is 2.61 bits per heavy atom. The van der Waals surface area contributed by atoms with Gasteiger partial charge in [0.1, 0.15) is 0 Å². The summed E-state index contributed by atoms with van der Waals surface area (Å²) in [5, 5.41) is 3.06. The summed E-state index contributed by atoms with van der Waals surface area (Å²) < 4.78 is 5.04. The summed E-state index contributed by atoms with van der Waals surface area (Å²) in [7, 11) is 1.67. The zero-order valence-electron chi connectivity index (χ0n) is 11.8. The SMILES string of the molecule is COCC(C)CC(=O)NCC1(CN)CCCCC1. The molecule has 0 saturated heterocycles. The van der Waals surface area contributed by atoms with Gasteiger partial charge in [0.05, 0.1) is 0 Å². The first-order chi connectivity index (χ1) is 8.62. The first-order valence-electron chi connectivity index (χ1n) is 7.07. The molecule has 0 aromatic rings. The number of rotatable bonds is 7. The van der Waals surface area contributed by atoms with Crippen LogP contribution >= 0.6 is 0 Å². The molecule has 1 aliphatic carbocycles. The maximum atomic E-state index is 11.8. The number of methoxy groups -OCH3 is 1. The van der Waals surface area contributed by atoms with Gasteiger partial charge < -0.3 is 15.8 Å². The lowest BCUT2D eigenvalue weighted by Gasteiger charge is -2.36. The molecule has 1 amide bonds. The summed E-state index contributed by atoms with van der Waals surface area (Å²) in [6.45, 7) is 4.08. The average Bonchev–Trinajstić information content (AvgIpc) is 2.38. The van der Waals surface area contributed by atoms with Gasteiger partial charge in [0.2, 0.25) is 5.91 Å². The Labute approximate surface area is 111 Å². The third-order valence-corrected chi connectivity index (χ3v) is 3.99. The van der Waals surface area contributed by atoms with Crippen molar-refractivity contribution < 1.29 is 9.53 Å². The van der Waals surface area contributed by atoms with E-state index in [1.165, 1.54) is 19.3 Å². The van der Waals surface area contributed by atoms with E-state index in [1.54, 1.807) is 7.11 Å². The number of carbonyl (C=O) groups is 1. The molecule has 0 bridgehead atoms. The predicted octanol–water partition coefficient (Wildman–Crippen LogP) is 1.68. The van der Waals surface area contributed by atoms with Crippen molar-refractivity contribution in [2.75, 3.05) is 26.8 Å². The molecule has 4 nitrogen and oxygen atoms in total. The standard InChI is InChI=1S/C14H28N2O2/c1-12(9-18-2)8-13(17)16-11-14(10-15)6-4-3-5-7-14/h12H,3-11,15H2,1-2H3,(H,16,17). The highest BCUT2D eigenvalue weighted by molar-refractivity contribution is 5.76. The number of ether oxygens (including phenoxy) is 1. The quantitative estimate of drug-likeness (QED) is 0.728. The lowest BCUT2D eigenvalue weighted by atomic mass is 9.74. The van der Waals surface area contributed by atoms with Gasteiger partial charge in [-0.3, -0.25) is 4.79 Å². The van der Waals surface area contributed by atoms with Crippen LogP contribution in [-0.2, 0) is 9.53 Å². The Morgan fingerprint density at radius 2 is 2.06 bits per heavy atom. The Hall–Kier alpha value is -0.610. The number of amides is 1. The largest absolute Gasteiger partial charge is 0.384 e. The highest BCUT2D eigenvalue weighted by Gasteiger charge is 2.30. The van der Waals surface area contributed by atoms with E-state index < -0.39 is 0 Å². The topological polar surface area (TPSA) is 64.3 Å². The molecule has 3 N–H and O–H groups in total. The number of nitrogens with two attached hydrogens (primary N) is 1. The van der Waals surface area contributed by atoms with E-state index in [0.29, 0.717) is 19.6 Å². The number of hydrogen-bond donors (Lipinski definition) is 2. The Balaban J connectivity index is 2.31. The van der Waals surface area contributed by atoms with Crippen LogP contribution in [0.25, 0.3) is 0 Å². The number of nitrogens with one attached hydrogen (secondary N) is 1. The smallest absolute Gasteiger partial charge is 0.220 e. The summed E-state index contributed by atoms with van der Waals surface area (Å²) >= 11 is 0. The number of hydrogen-bond acceptors (Lipinski definition) is 3. The molecule has 0 aliphatic heterocycles. The Kier molecular flexibility index (Phi) is 6.65. The fraction of sp³-hybridized carbons (Fsp3) is 0.929. The van der Waals surface area contributed by atoms with Crippen molar-refractivity contribution in [2.24, 2.45) is 17.1 Å². The number of carbonyl (C=O) groups excluding carboxylic acids is 1. The molecular weight excluding hydrogens is 228 g/mol. The summed E-state index contributed by atoms with van der Waals surface area (Å²) in [6.07, 6.45) is 6.63. The van der Waals surface area contributed by atoms with Gasteiger partial charge in [-0.2, -0.15) is 0 Å². The molecule has 1 unspecified atom stereocenters. The molecule has 0 heterocycles. The van der Waals surface area contributed by atoms with Crippen LogP contribution < -0.4 is 11.1 Å². The second-order valence-corrected chi connectivity index (χ2v) is 5.81. The molecule has 1 fully saturated rings. The average molecular weight is 256 g/mol. The first kappa shape index (κ1) is 15.4. The molecule has 0 aromatic carbocycles. The van der Waals surface area contributed by atoms with Crippen molar-refractivity contribution >= 4 is 5.91 Å². The minimum atomic E-state index is 0.123. The molecule has 1 rings (SSSR count). The summed E-state index contributed by atoms with van der Waals surface area (Å²) in [5.74, 6) is 0.396. The second-order valence-electron chi connectivity index (χ2n) is 5.81. The van der Waals surface area contributed by atoms with Crippen LogP contribution in [0.3, 0.4) is 0 Å².